The summed E-state index contributed by atoms with van der Waals surface area (Å²) in [6, 6.07) is 0. The molecule has 0 bridgehead atoms. The second-order valence-electron chi connectivity index (χ2n) is 4.52. The van der Waals surface area contributed by atoms with E-state index < -0.39 is 5.60 Å². The molecule has 0 aromatic heterocycles. The summed E-state index contributed by atoms with van der Waals surface area (Å²) in [7, 11) is 2.01. The first-order valence-corrected chi connectivity index (χ1v) is 4.07. The Bertz CT molecular complexity index is 96.2. The molecule has 3 heteroatoms. The van der Waals surface area contributed by atoms with E-state index in [1.54, 1.807) is 13.8 Å². The average molecular weight is 158 g/mol. The third-order valence-electron chi connectivity index (χ3n) is 1.25. The first-order chi connectivity index (χ1) is 4.71. The molecule has 0 aliphatic heterocycles. The molecule has 0 unspecified atom stereocenters. The van der Waals surface area contributed by atoms with Crippen molar-refractivity contribution >= 4 is 7.85 Å². The standard InChI is InChI=1S/C8H19BO2/c1-7(2,10)5-6-11-8(3,4)9/h10H,5-6,9H2,1-4H3. The van der Waals surface area contributed by atoms with E-state index >= 15 is 0 Å². The Balaban J connectivity index is 3.44. The lowest BCUT2D eigenvalue weighted by Gasteiger charge is -2.23. The summed E-state index contributed by atoms with van der Waals surface area (Å²) >= 11 is 0. The van der Waals surface area contributed by atoms with Gasteiger partial charge >= 0.3 is 0 Å². The molecule has 0 fully saturated rings. The van der Waals surface area contributed by atoms with Gasteiger partial charge in [0.2, 0.25) is 0 Å². The van der Waals surface area contributed by atoms with Crippen LogP contribution < -0.4 is 0 Å². The lowest BCUT2D eigenvalue weighted by molar-refractivity contribution is -0.00603. The molecular formula is C8H19BO2. The molecule has 0 aromatic rings. The van der Waals surface area contributed by atoms with Crippen molar-refractivity contribution in [2.45, 2.75) is 45.2 Å². The predicted octanol–water partition coefficient (Wildman–Crippen LogP) is 0.533. The molecule has 0 saturated heterocycles. The topological polar surface area (TPSA) is 29.5 Å². The maximum Gasteiger partial charge on any atom is 0.142 e. The lowest BCUT2D eigenvalue weighted by atomic mass is 9.86. The molecule has 0 saturated carbocycles. The molecule has 1 N–H and O–H groups in total. The maximum atomic E-state index is 9.33. The Morgan fingerprint density at radius 1 is 1.27 bits per heavy atom. The van der Waals surface area contributed by atoms with Gasteiger partial charge in [0.15, 0.2) is 0 Å². The van der Waals surface area contributed by atoms with Crippen molar-refractivity contribution in [1.29, 1.82) is 0 Å². The minimum atomic E-state index is -0.606. The van der Waals surface area contributed by atoms with Gasteiger partial charge in [-0.2, -0.15) is 0 Å². The van der Waals surface area contributed by atoms with E-state index in [2.05, 4.69) is 0 Å². The minimum Gasteiger partial charge on any atom is -0.390 e. The zero-order valence-electron chi connectivity index (χ0n) is 8.27. The smallest absolute Gasteiger partial charge is 0.142 e. The highest BCUT2D eigenvalue weighted by Crippen LogP contribution is 2.10. The monoisotopic (exact) mass is 158 g/mol. The van der Waals surface area contributed by atoms with Crippen molar-refractivity contribution < 1.29 is 9.84 Å². The summed E-state index contributed by atoms with van der Waals surface area (Å²) in [6.45, 7) is 8.22. The number of ether oxygens (including phenoxy) is 1. The van der Waals surface area contributed by atoms with E-state index in [9.17, 15) is 5.11 Å². The van der Waals surface area contributed by atoms with Crippen molar-refractivity contribution in [3.8, 4) is 0 Å². The minimum absolute atomic E-state index is 0.0920. The van der Waals surface area contributed by atoms with Crippen LogP contribution in [0.4, 0.5) is 0 Å². The molecule has 0 rings (SSSR count). The van der Waals surface area contributed by atoms with Crippen LogP contribution in [0.25, 0.3) is 0 Å². The van der Waals surface area contributed by atoms with E-state index in [0.717, 1.165) is 0 Å². The van der Waals surface area contributed by atoms with E-state index in [-0.39, 0.29) is 5.50 Å². The summed E-state index contributed by atoms with van der Waals surface area (Å²) in [6.07, 6.45) is 0.685. The van der Waals surface area contributed by atoms with Crippen molar-refractivity contribution in [1.82, 2.24) is 0 Å². The summed E-state index contributed by atoms with van der Waals surface area (Å²) in [5.74, 6) is 0. The van der Waals surface area contributed by atoms with Crippen molar-refractivity contribution in [2.24, 2.45) is 0 Å². The first kappa shape index (κ1) is 11.0. The summed E-state index contributed by atoms with van der Waals surface area (Å²) in [4.78, 5) is 0. The molecule has 0 radical (unpaired) electrons. The van der Waals surface area contributed by atoms with E-state index in [0.29, 0.717) is 13.0 Å². The quantitative estimate of drug-likeness (QED) is 0.605. The molecule has 0 heterocycles. The molecule has 2 nitrogen and oxygen atoms in total. The lowest BCUT2D eigenvalue weighted by Crippen LogP contribution is -2.28. The SMILES string of the molecule is BC(C)(C)OCCC(C)(C)O. The van der Waals surface area contributed by atoms with Crippen molar-refractivity contribution in [3.63, 3.8) is 0 Å². The Morgan fingerprint density at radius 2 is 1.73 bits per heavy atom. The van der Waals surface area contributed by atoms with Crippen molar-refractivity contribution in [3.05, 3.63) is 0 Å². The van der Waals surface area contributed by atoms with Crippen LogP contribution in [0, 0.1) is 0 Å². The maximum absolute atomic E-state index is 9.33. The molecule has 0 aliphatic rings. The number of aliphatic hydroxyl groups is 1. The fourth-order valence-corrected chi connectivity index (χ4v) is 0.607. The summed E-state index contributed by atoms with van der Waals surface area (Å²) < 4.78 is 5.45. The third-order valence-corrected chi connectivity index (χ3v) is 1.25. The normalized spacial score (nSPS) is 13.5. The number of hydrogen-bond donors (Lipinski definition) is 1. The van der Waals surface area contributed by atoms with Gasteiger partial charge in [0.05, 0.1) is 5.60 Å². The van der Waals surface area contributed by atoms with Gasteiger partial charge in [0.1, 0.15) is 7.85 Å². The van der Waals surface area contributed by atoms with Gasteiger partial charge in [-0.15, -0.1) is 0 Å². The molecule has 0 aromatic carbocycles. The van der Waals surface area contributed by atoms with Crippen LogP contribution in [0.5, 0.6) is 0 Å². The zero-order chi connectivity index (χ0) is 9.12. The second kappa shape index (κ2) is 3.59. The fourth-order valence-electron chi connectivity index (χ4n) is 0.607. The van der Waals surface area contributed by atoms with Crippen LogP contribution in [0.1, 0.15) is 34.1 Å². The van der Waals surface area contributed by atoms with Gasteiger partial charge in [-0.05, 0) is 34.1 Å². The molecule has 0 aliphatic carbocycles. The largest absolute Gasteiger partial charge is 0.390 e. The van der Waals surface area contributed by atoms with Crippen LogP contribution >= 0.6 is 0 Å². The highest BCUT2D eigenvalue weighted by atomic mass is 16.5. The summed E-state index contributed by atoms with van der Waals surface area (Å²) in [5.41, 5.74) is -0.698. The number of rotatable bonds is 4. The van der Waals surface area contributed by atoms with Crippen LogP contribution in [0.15, 0.2) is 0 Å². The van der Waals surface area contributed by atoms with Crippen LogP contribution in [-0.4, -0.2) is 30.7 Å². The Morgan fingerprint density at radius 3 is 2.00 bits per heavy atom. The molecule has 66 valence electrons. The van der Waals surface area contributed by atoms with Gasteiger partial charge < -0.3 is 9.84 Å². The van der Waals surface area contributed by atoms with Crippen LogP contribution in [0.3, 0.4) is 0 Å². The molecule has 0 atom stereocenters. The molecule has 0 amide bonds. The van der Waals surface area contributed by atoms with Crippen LogP contribution in [0.2, 0.25) is 0 Å². The Labute approximate surface area is 70.4 Å². The third kappa shape index (κ3) is 9.98. The van der Waals surface area contributed by atoms with Gasteiger partial charge in [-0.3, -0.25) is 0 Å². The molecule has 0 spiro atoms. The fraction of sp³-hybridized carbons (Fsp3) is 1.00. The van der Waals surface area contributed by atoms with E-state index in [1.807, 2.05) is 21.7 Å². The van der Waals surface area contributed by atoms with Crippen molar-refractivity contribution in [2.75, 3.05) is 6.61 Å². The first-order valence-electron chi connectivity index (χ1n) is 4.07. The zero-order valence-corrected chi connectivity index (χ0v) is 8.27. The van der Waals surface area contributed by atoms with E-state index in [1.165, 1.54) is 0 Å². The molecule has 11 heavy (non-hydrogen) atoms. The van der Waals surface area contributed by atoms with Gasteiger partial charge in [-0.1, -0.05) is 0 Å². The summed E-state index contributed by atoms with van der Waals surface area (Å²) in [5, 5.41) is 9.33. The Hall–Kier alpha value is -0.0151. The predicted molar refractivity (Wildman–Crippen MR) is 49.5 cm³/mol. The second-order valence-corrected chi connectivity index (χ2v) is 4.52. The Kier molecular flexibility index (Phi) is 3.58. The van der Waals surface area contributed by atoms with Gasteiger partial charge in [0, 0.05) is 12.1 Å². The van der Waals surface area contributed by atoms with Crippen LogP contribution in [-0.2, 0) is 4.74 Å². The van der Waals surface area contributed by atoms with Gasteiger partial charge in [0.25, 0.3) is 0 Å². The highest BCUT2D eigenvalue weighted by Gasteiger charge is 2.15. The molecular weight excluding hydrogens is 139 g/mol. The van der Waals surface area contributed by atoms with Gasteiger partial charge in [-0.25, -0.2) is 0 Å². The number of hydrogen-bond acceptors (Lipinski definition) is 2. The van der Waals surface area contributed by atoms with E-state index in [4.69, 9.17) is 4.74 Å². The highest BCUT2D eigenvalue weighted by molar-refractivity contribution is 6.13. The average Bonchev–Trinajstić information content (AvgIpc) is 1.55.